The summed E-state index contributed by atoms with van der Waals surface area (Å²) in [4.78, 5) is 13.3. The van der Waals surface area contributed by atoms with E-state index < -0.39 is 5.41 Å². The predicted octanol–water partition coefficient (Wildman–Crippen LogP) is 7.13. The predicted molar refractivity (Wildman–Crippen MR) is 137 cm³/mol. The van der Waals surface area contributed by atoms with Gasteiger partial charge in [0.25, 0.3) is 0 Å². The quantitative estimate of drug-likeness (QED) is 0.323. The van der Waals surface area contributed by atoms with Crippen molar-refractivity contribution in [1.82, 2.24) is 10.2 Å². The SMILES string of the molecule is CC(C)c1ccc(-c2ccc(C(c3ccccc3)C(C)(C)C(=O)Nc3nncs3)cc2)cc1. The monoisotopic (exact) mass is 455 g/mol. The number of carbonyl (C=O) groups excluding carboxylic acids is 1. The van der Waals surface area contributed by atoms with Crippen LogP contribution in [-0.4, -0.2) is 16.1 Å². The van der Waals surface area contributed by atoms with Gasteiger partial charge in [-0.2, -0.15) is 0 Å². The van der Waals surface area contributed by atoms with Crippen LogP contribution < -0.4 is 5.32 Å². The number of nitrogens with zero attached hydrogens (tertiary/aromatic N) is 2. The van der Waals surface area contributed by atoms with E-state index >= 15 is 0 Å². The maximum atomic E-state index is 13.3. The van der Waals surface area contributed by atoms with E-state index in [0.717, 1.165) is 16.7 Å². The summed E-state index contributed by atoms with van der Waals surface area (Å²) >= 11 is 1.32. The smallest absolute Gasteiger partial charge is 0.232 e. The molecule has 1 unspecified atom stereocenters. The molecule has 4 aromatic rings. The number of rotatable bonds is 7. The number of amides is 1. The molecule has 0 aliphatic heterocycles. The zero-order valence-corrected chi connectivity index (χ0v) is 20.3. The fourth-order valence-corrected chi connectivity index (χ4v) is 4.66. The number of anilines is 1. The van der Waals surface area contributed by atoms with Crippen molar-refractivity contribution in [3.05, 3.63) is 101 Å². The van der Waals surface area contributed by atoms with Gasteiger partial charge in [-0.05, 0) is 33.7 Å². The van der Waals surface area contributed by atoms with Gasteiger partial charge in [-0.25, -0.2) is 0 Å². The van der Waals surface area contributed by atoms with Gasteiger partial charge in [0.05, 0.1) is 5.41 Å². The van der Waals surface area contributed by atoms with Gasteiger partial charge in [0, 0.05) is 5.92 Å². The standard InChI is InChI=1S/C28H29N3OS/c1-19(2)20-10-12-21(13-11-20)22-14-16-24(17-15-22)25(23-8-6-5-7-9-23)28(3,4)26(32)30-27-31-29-18-33-27/h5-19,25H,1-4H3,(H,30,31,32). The number of aromatic nitrogens is 2. The van der Waals surface area contributed by atoms with E-state index in [1.807, 2.05) is 32.0 Å². The Labute approximate surface area is 199 Å². The third-order valence-corrected chi connectivity index (χ3v) is 6.78. The van der Waals surface area contributed by atoms with Gasteiger partial charge in [-0.15, -0.1) is 10.2 Å². The summed E-state index contributed by atoms with van der Waals surface area (Å²) in [7, 11) is 0. The zero-order chi connectivity index (χ0) is 23.4. The molecule has 0 aliphatic rings. The number of hydrogen-bond donors (Lipinski definition) is 1. The maximum absolute atomic E-state index is 13.3. The summed E-state index contributed by atoms with van der Waals surface area (Å²) in [6.07, 6.45) is 0. The van der Waals surface area contributed by atoms with Crippen molar-refractivity contribution < 1.29 is 4.79 Å². The number of hydrogen-bond acceptors (Lipinski definition) is 4. The lowest BCUT2D eigenvalue weighted by molar-refractivity contribution is -0.124. The zero-order valence-electron chi connectivity index (χ0n) is 19.4. The minimum Gasteiger partial charge on any atom is -0.300 e. The highest BCUT2D eigenvalue weighted by Gasteiger charge is 2.39. The van der Waals surface area contributed by atoms with Crippen LogP contribution in [0.3, 0.4) is 0 Å². The van der Waals surface area contributed by atoms with Gasteiger partial charge >= 0.3 is 0 Å². The molecular formula is C28H29N3OS. The van der Waals surface area contributed by atoms with Crippen molar-refractivity contribution >= 4 is 22.4 Å². The highest BCUT2D eigenvalue weighted by atomic mass is 32.1. The molecule has 1 aromatic heterocycles. The van der Waals surface area contributed by atoms with Gasteiger partial charge in [-0.3, -0.25) is 4.79 Å². The van der Waals surface area contributed by atoms with E-state index in [0.29, 0.717) is 11.0 Å². The number of carbonyl (C=O) groups is 1. The molecule has 3 aromatic carbocycles. The lowest BCUT2D eigenvalue weighted by Crippen LogP contribution is -2.37. The molecule has 1 heterocycles. The Kier molecular flexibility index (Phi) is 6.70. The minimum atomic E-state index is -0.715. The Balaban J connectivity index is 1.67. The van der Waals surface area contributed by atoms with E-state index in [9.17, 15) is 4.79 Å². The van der Waals surface area contributed by atoms with Crippen LogP contribution in [0, 0.1) is 5.41 Å². The maximum Gasteiger partial charge on any atom is 0.232 e. The van der Waals surface area contributed by atoms with E-state index in [4.69, 9.17) is 0 Å². The molecule has 4 nitrogen and oxygen atoms in total. The molecule has 0 saturated heterocycles. The third kappa shape index (κ3) is 5.04. The fraction of sp³-hybridized carbons (Fsp3) is 0.250. The van der Waals surface area contributed by atoms with E-state index in [1.165, 1.54) is 22.5 Å². The molecule has 5 heteroatoms. The Bertz CT molecular complexity index is 1180. The normalized spacial score (nSPS) is 12.5. The van der Waals surface area contributed by atoms with Gasteiger partial charge in [-0.1, -0.05) is 118 Å². The van der Waals surface area contributed by atoms with Gasteiger partial charge in [0.2, 0.25) is 11.0 Å². The van der Waals surface area contributed by atoms with Crippen LogP contribution >= 0.6 is 11.3 Å². The average molecular weight is 456 g/mol. The first kappa shape index (κ1) is 22.9. The summed E-state index contributed by atoms with van der Waals surface area (Å²) in [6, 6.07) is 27.5. The van der Waals surface area contributed by atoms with Crippen molar-refractivity contribution in [1.29, 1.82) is 0 Å². The molecule has 0 fully saturated rings. The van der Waals surface area contributed by atoms with Crippen LogP contribution in [0.2, 0.25) is 0 Å². The summed E-state index contributed by atoms with van der Waals surface area (Å²) in [5.41, 5.74) is 6.79. The number of nitrogens with one attached hydrogen (secondary N) is 1. The largest absolute Gasteiger partial charge is 0.300 e. The highest BCUT2D eigenvalue weighted by Crippen LogP contribution is 2.42. The minimum absolute atomic E-state index is 0.0820. The molecule has 168 valence electrons. The summed E-state index contributed by atoms with van der Waals surface area (Å²) < 4.78 is 0. The first-order valence-corrected chi connectivity index (χ1v) is 12.1. The van der Waals surface area contributed by atoms with Gasteiger partial charge in [0.15, 0.2) is 0 Å². The molecule has 1 atom stereocenters. The van der Waals surface area contributed by atoms with E-state index in [-0.39, 0.29) is 11.8 Å². The summed E-state index contributed by atoms with van der Waals surface area (Å²) in [5, 5.41) is 11.3. The molecule has 0 saturated carbocycles. The van der Waals surface area contributed by atoms with Crippen molar-refractivity contribution in [2.75, 3.05) is 5.32 Å². The highest BCUT2D eigenvalue weighted by molar-refractivity contribution is 7.13. The first-order chi connectivity index (χ1) is 15.9. The second-order valence-electron chi connectivity index (χ2n) is 9.16. The van der Waals surface area contributed by atoms with Gasteiger partial charge < -0.3 is 5.32 Å². The van der Waals surface area contributed by atoms with Crippen LogP contribution in [0.4, 0.5) is 5.13 Å². The van der Waals surface area contributed by atoms with Crippen LogP contribution in [0.15, 0.2) is 84.4 Å². The van der Waals surface area contributed by atoms with Crippen LogP contribution in [0.1, 0.15) is 56.2 Å². The Hall–Kier alpha value is -3.31. The first-order valence-electron chi connectivity index (χ1n) is 11.2. The summed E-state index contributed by atoms with van der Waals surface area (Å²) in [5.74, 6) is 0.312. The molecular weight excluding hydrogens is 426 g/mol. The van der Waals surface area contributed by atoms with Crippen LogP contribution in [0.25, 0.3) is 11.1 Å². The molecule has 0 aliphatic carbocycles. The van der Waals surface area contributed by atoms with Crippen molar-refractivity contribution in [3.8, 4) is 11.1 Å². The van der Waals surface area contributed by atoms with Crippen molar-refractivity contribution in [2.45, 2.75) is 39.5 Å². The molecule has 4 rings (SSSR count). The molecule has 1 N–H and O–H groups in total. The van der Waals surface area contributed by atoms with Gasteiger partial charge in [0.1, 0.15) is 5.51 Å². The second-order valence-corrected chi connectivity index (χ2v) is 10.00. The number of benzene rings is 3. The van der Waals surface area contributed by atoms with E-state index in [2.05, 4.69) is 90.0 Å². The van der Waals surface area contributed by atoms with Crippen molar-refractivity contribution in [2.24, 2.45) is 5.41 Å². The second kappa shape index (κ2) is 9.67. The molecule has 1 amide bonds. The lowest BCUT2D eigenvalue weighted by atomic mass is 9.70. The van der Waals surface area contributed by atoms with Crippen molar-refractivity contribution in [3.63, 3.8) is 0 Å². The topological polar surface area (TPSA) is 54.9 Å². The Morgan fingerprint density at radius 3 is 1.88 bits per heavy atom. The van der Waals surface area contributed by atoms with Crippen LogP contribution in [-0.2, 0) is 4.79 Å². The molecule has 0 bridgehead atoms. The molecule has 33 heavy (non-hydrogen) atoms. The Morgan fingerprint density at radius 2 is 1.36 bits per heavy atom. The Morgan fingerprint density at radius 1 is 0.818 bits per heavy atom. The van der Waals surface area contributed by atoms with E-state index in [1.54, 1.807) is 5.51 Å². The fourth-order valence-electron chi connectivity index (χ4n) is 4.22. The average Bonchev–Trinajstić information content (AvgIpc) is 3.33. The molecule has 0 radical (unpaired) electrons. The summed E-state index contributed by atoms with van der Waals surface area (Å²) in [6.45, 7) is 8.38. The third-order valence-electron chi connectivity index (χ3n) is 6.18. The lowest BCUT2D eigenvalue weighted by Gasteiger charge is -2.33. The molecule has 0 spiro atoms. The van der Waals surface area contributed by atoms with Crippen LogP contribution in [0.5, 0.6) is 0 Å².